The molecule has 1 atom stereocenters. The van der Waals surface area contributed by atoms with Crippen LogP contribution in [0, 0.1) is 0 Å². The molecule has 19 heavy (non-hydrogen) atoms. The number of hydrogen-bond donors (Lipinski definition) is 1. The maximum Gasteiger partial charge on any atom is 0.323 e. The van der Waals surface area contributed by atoms with Gasteiger partial charge in [0.25, 0.3) is 0 Å². The molecule has 112 valence electrons. The van der Waals surface area contributed by atoms with Crippen LogP contribution in [0.3, 0.4) is 0 Å². The summed E-state index contributed by atoms with van der Waals surface area (Å²) in [7, 11) is 0. The highest BCUT2D eigenvalue weighted by Gasteiger charge is 2.22. The number of carbonyl (C=O) groups excluding carboxylic acids is 2. The Labute approximate surface area is 115 Å². The molecular formula is C14H27NO4. The van der Waals surface area contributed by atoms with Gasteiger partial charge in [0.05, 0.1) is 0 Å². The van der Waals surface area contributed by atoms with E-state index < -0.39 is 23.2 Å². The van der Waals surface area contributed by atoms with Crippen LogP contribution < -0.4 is 5.73 Å². The van der Waals surface area contributed by atoms with Crippen molar-refractivity contribution in [3.8, 4) is 0 Å². The van der Waals surface area contributed by atoms with E-state index in [0.29, 0.717) is 12.8 Å². The molecule has 0 aliphatic rings. The monoisotopic (exact) mass is 273 g/mol. The van der Waals surface area contributed by atoms with Crippen molar-refractivity contribution in [3.63, 3.8) is 0 Å². The normalized spacial score (nSPS) is 13.8. The van der Waals surface area contributed by atoms with Crippen LogP contribution in [0.2, 0.25) is 0 Å². The van der Waals surface area contributed by atoms with E-state index in [9.17, 15) is 9.59 Å². The molecule has 0 aliphatic heterocycles. The lowest BCUT2D eigenvalue weighted by molar-refractivity contribution is -0.158. The van der Waals surface area contributed by atoms with E-state index >= 15 is 0 Å². The van der Waals surface area contributed by atoms with Crippen molar-refractivity contribution in [2.75, 3.05) is 0 Å². The molecule has 0 heterocycles. The summed E-state index contributed by atoms with van der Waals surface area (Å²) in [5.74, 6) is -0.708. The molecule has 2 N–H and O–H groups in total. The largest absolute Gasteiger partial charge is 0.460 e. The maximum atomic E-state index is 11.6. The van der Waals surface area contributed by atoms with E-state index in [0.717, 1.165) is 0 Å². The minimum Gasteiger partial charge on any atom is -0.460 e. The van der Waals surface area contributed by atoms with Crippen molar-refractivity contribution in [1.82, 2.24) is 0 Å². The zero-order valence-electron chi connectivity index (χ0n) is 12.9. The highest BCUT2D eigenvalue weighted by atomic mass is 16.6. The Kier molecular flexibility index (Phi) is 6.49. The third kappa shape index (κ3) is 10.5. The molecule has 0 radical (unpaired) electrons. The first-order chi connectivity index (χ1) is 8.41. The third-order valence-electron chi connectivity index (χ3n) is 2.03. The SMILES string of the molecule is CC(C)(C)OC(=O)CCC[C@H](N)C(=O)OC(C)(C)C. The van der Waals surface area contributed by atoms with Gasteiger partial charge < -0.3 is 15.2 Å². The fourth-order valence-corrected chi connectivity index (χ4v) is 1.35. The van der Waals surface area contributed by atoms with Crippen molar-refractivity contribution in [1.29, 1.82) is 0 Å². The van der Waals surface area contributed by atoms with E-state index in [1.54, 1.807) is 20.8 Å². The van der Waals surface area contributed by atoms with Crippen molar-refractivity contribution < 1.29 is 19.1 Å². The number of ether oxygens (including phenoxy) is 2. The Morgan fingerprint density at radius 2 is 1.47 bits per heavy atom. The van der Waals surface area contributed by atoms with Gasteiger partial charge in [-0.2, -0.15) is 0 Å². The van der Waals surface area contributed by atoms with Crippen molar-refractivity contribution in [2.24, 2.45) is 5.73 Å². The van der Waals surface area contributed by atoms with Gasteiger partial charge in [-0.15, -0.1) is 0 Å². The van der Waals surface area contributed by atoms with Gasteiger partial charge in [-0.1, -0.05) is 0 Å². The summed E-state index contributed by atoms with van der Waals surface area (Å²) in [5, 5.41) is 0. The second-order valence-electron chi connectivity index (χ2n) is 6.62. The Balaban J connectivity index is 3.95. The maximum absolute atomic E-state index is 11.6. The number of hydrogen-bond acceptors (Lipinski definition) is 5. The topological polar surface area (TPSA) is 78.6 Å². The summed E-state index contributed by atoms with van der Waals surface area (Å²) in [6.45, 7) is 10.8. The molecule has 0 fully saturated rings. The second-order valence-corrected chi connectivity index (χ2v) is 6.62. The summed E-state index contributed by atoms with van der Waals surface area (Å²) in [6.07, 6.45) is 1.18. The molecule has 0 aliphatic carbocycles. The van der Waals surface area contributed by atoms with Gasteiger partial charge in [-0.25, -0.2) is 0 Å². The lowest BCUT2D eigenvalue weighted by Crippen LogP contribution is -2.37. The van der Waals surface area contributed by atoms with Crippen LogP contribution in [-0.4, -0.2) is 29.2 Å². The molecule has 0 spiro atoms. The zero-order valence-corrected chi connectivity index (χ0v) is 12.9. The van der Waals surface area contributed by atoms with Gasteiger partial charge in [-0.05, 0) is 54.4 Å². The Morgan fingerprint density at radius 1 is 1.00 bits per heavy atom. The summed E-state index contributed by atoms with van der Waals surface area (Å²) < 4.78 is 10.3. The summed E-state index contributed by atoms with van der Waals surface area (Å²) >= 11 is 0. The first-order valence-electron chi connectivity index (χ1n) is 6.61. The molecule has 5 heteroatoms. The quantitative estimate of drug-likeness (QED) is 0.777. The molecule has 0 aromatic heterocycles. The minimum atomic E-state index is -0.693. The predicted molar refractivity (Wildman–Crippen MR) is 73.5 cm³/mol. The lowest BCUT2D eigenvalue weighted by atomic mass is 10.1. The van der Waals surface area contributed by atoms with Crippen molar-refractivity contribution >= 4 is 11.9 Å². The van der Waals surface area contributed by atoms with E-state index in [1.165, 1.54) is 0 Å². The van der Waals surface area contributed by atoms with Crippen LogP contribution in [0.25, 0.3) is 0 Å². The Hall–Kier alpha value is -1.10. The molecule has 0 bridgehead atoms. The average molecular weight is 273 g/mol. The molecule has 0 unspecified atom stereocenters. The van der Waals surface area contributed by atoms with E-state index in [4.69, 9.17) is 15.2 Å². The number of rotatable bonds is 5. The van der Waals surface area contributed by atoms with E-state index in [-0.39, 0.29) is 12.4 Å². The van der Waals surface area contributed by atoms with Crippen LogP contribution in [0.5, 0.6) is 0 Å². The third-order valence-corrected chi connectivity index (χ3v) is 2.03. The van der Waals surface area contributed by atoms with Gasteiger partial charge in [0.2, 0.25) is 0 Å². The molecule has 0 amide bonds. The van der Waals surface area contributed by atoms with Gasteiger partial charge in [0.15, 0.2) is 0 Å². The fraction of sp³-hybridized carbons (Fsp3) is 0.857. The van der Waals surface area contributed by atoms with Gasteiger partial charge in [0.1, 0.15) is 17.2 Å². The van der Waals surface area contributed by atoms with Crippen LogP contribution in [0.4, 0.5) is 0 Å². The van der Waals surface area contributed by atoms with Crippen molar-refractivity contribution in [3.05, 3.63) is 0 Å². The van der Waals surface area contributed by atoms with Gasteiger partial charge >= 0.3 is 11.9 Å². The Bertz CT molecular complexity index is 312. The molecule has 0 aromatic rings. The molecule has 0 saturated carbocycles. The van der Waals surface area contributed by atoms with Gasteiger partial charge in [0, 0.05) is 6.42 Å². The van der Waals surface area contributed by atoms with Gasteiger partial charge in [-0.3, -0.25) is 9.59 Å². The molecule has 0 rings (SSSR count). The first-order valence-corrected chi connectivity index (χ1v) is 6.61. The molecule has 5 nitrogen and oxygen atoms in total. The molecule has 0 aromatic carbocycles. The molecular weight excluding hydrogens is 246 g/mol. The van der Waals surface area contributed by atoms with Crippen LogP contribution in [-0.2, 0) is 19.1 Å². The standard InChI is InChI=1S/C14H27NO4/c1-13(2,3)18-11(16)9-7-8-10(15)12(17)19-14(4,5)6/h10H,7-9,15H2,1-6H3/t10-/m0/s1. The van der Waals surface area contributed by atoms with Crippen LogP contribution >= 0.6 is 0 Å². The fourth-order valence-electron chi connectivity index (χ4n) is 1.35. The predicted octanol–water partition coefficient (Wildman–Crippen LogP) is 2.17. The highest BCUT2D eigenvalue weighted by Crippen LogP contribution is 2.12. The Morgan fingerprint density at radius 3 is 1.89 bits per heavy atom. The number of nitrogens with two attached hydrogens (primary N) is 1. The minimum absolute atomic E-state index is 0.258. The van der Waals surface area contributed by atoms with E-state index in [1.807, 2.05) is 20.8 Å². The highest BCUT2D eigenvalue weighted by molar-refractivity contribution is 5.76. The summed E-state index contributed by atoms with van der Waals surface area (Å²) in [6, 6.07) is -0.693. The zero-order chi connectivity index (χ0) is 15.3. The molecule has 0 saturated heterocycles. The van der Waals surface area contributed by atoms with E-state index in [2.05, 4.69) is 0 Å². The summed E-state index contributed by atoms with van der Waals surface area (Å²) in [4.78, 5) is 23.1. The second kappa shape index (κ2) is 6.89. The lowest BCUT2D eigenvalue weighted by Gasteiger charge is -2.22. The smallest absolute Gasteiger partial charge is 0.323 e. The van der Waals surface area contributed by atoms with Crippen LogP contribution in [0.15, 0.2) is 0 Å². The van der Waals surface area contributed by atoms with Crippen LogP contribution in [0.1, 0.15) is 60.8 Å². The average Bonchev–Trinajstić information content (AvgIpc) is 2.11. The van der Waals surface area contributed by atoms with Crippen molar-refractivity contribution in [2.45, 2.75) is 78.0 Å². The number of carbonyl (C=O) groups is 2. The number of esters is 2. The first kappa shape index (κ1) is 17.9. The summed E-state index contributed by atoms with van der Waals surface area (Å²) in [5.41, 5.74) is 4.69.